The third-order valence-electron chi connectivity index (χ3n) is 3.91. The van der Waals surface area contributed by atoms with Crippen molar-refractivity contribution in [2.24, 2.45) is 0 Å². The Kier molecular flexibility index (Phi) is 7.16. The molecule has 0 aliphatic carbocycles. The topological polar surface area (TPSA) is 89.5 Å². The van der Waals surface area contributed by atoms with Crippen LogP contribution >= 0.6 is 23.4 Å². The minimum Gasteiger partial charge on any atom is -0.496 e. The van der Waals surface area contributed by atoms with Crippen molar-refractivity contribution in [3.05, 3.63) is 71.4 Å². The van der Waals surface area contributed by atoms with Crippen LogP contribution in [0, 0.1) is 0 Å². The first-order chi connectivity index (χ1) is 14.5. The average Bonchev–Trinajstić information content (AvgIpc) is 2.75. The number of imide groups is 1. The Morgan fingerprint density at radius 3 is 2.13 bits per heavy atom. The predicted molar refractivity (Wildman–Crippen MR) is 116 cm³/mol. The fourth-order valence-electron chi connectivity index (χ4n) is 2.54. The number of methoxy groups -OCH3 is 2. The van der Waals surface area contributed by atoms with Crippen molar-refractivity contribution in [2.45, 2.75) is 9.79 Å². The first-order valence-electron chi connectivity index (χ1n) is 8.73. The predicted octanol–water partition coefficient (Wildman–Crippen LogP) is 4.87. The molecule has 1 aromatic heterocycles. The van der Waals surface area contributed by atoms with E-state index in [1.54, 1.807) is 30.5 Å². The van der Waals surface area contributed by atoms with Crippen LogP contribution in [0.5, 0.6) is 11.5 Å². The van der Waals surface area contributed by atoms with Gasteiger partial charge in [0.2, 0.25) is 0 Å². The van der Waals surface area contributed by atoms with Crippen LogP contribution < -0.4 is 20.1 Å². The molecule has 0 radical (unpaired) electrons. The maximum Gasteiger partial charge on any atom is 0.327 e. The van der Waals surface area contributed by atoms with Crippen LogP contribution in [0.15, 0.2) is 70.6 Å². The van der Waals surface area contributed by atoms with Crippen LogP contribution in [0.1, 0.15) is 10.4 Å². The van der Waals surface area contributed by atoms with Gasteiger partial charge in [0.1, 0.15) is 22.9 Å². The number of rotatable bonds is 6. The SMILES string of the molecule is COc1cccc(OC)c1C(=O)NC(=O)Nc1ccc(Sc2ccc(Cl)cc2)cn1. The number of ether oxygens (including phenoxy) is 2. The summed E-state index contributed by atoms with van der Waals surface area (Å²) in [5.41, 5.74) is 0.125. The van der Waals surface area contributed by atoms with E-state index in [1.165, 1.54) is 26.0 Å². The van der Waals surface area contributed by atoms with Crippen LogP contribution in [0.2, 0.25) is 5.02 Å². The van der Waals surface area contributed by atoms with E-state index in [0.717, 1.165) is 9.79 Å². The van der Waals surface area contributed by atoms with Crippen molar-refractivity contribution >= 4 is 41.1 Å². The number of carbonyl (C=O) groups excluding carboxylic acids is 2. The summed E-state index contributed by atoms with van der Waals surface area (Å²) in [5, 5.41) is 5.44. The van der Waals surface area contributed by atoms with E-state index in [9.17, 15) is 9.59 Å². The highest BCUT2D eigenvalue weighted by Gasteiger charge is 2.20. The summed E-state index contributed by atoms with van der Waals surface area (Å²) in [4.78, 5) is 30.8. The van der Waals surface area contributed by atoms with E-state index in [0.29, 0.717) is 22.3 Å². The molecule has 0 bridgehead atoms. The Morgan fingerprint density at radius 2 is 1.57 bits per heavy atom. The van der Waals surface area contributed by atoms with E-state index < -0.39 is 11.9 Å². The number of urea groups is 1. The second-order valence-electron chi connectivity index (χ2n) is 5.88. The molecule has 2 aromatic carbocycles. The number of halogens is 1. The summed E-state index contributed by atoms with van der Waals surface area (Å²) in [7, 11) is 2.86. The molecule has 0 fully saturated rings. The third-order valence-corrected chi connectivity index (χ3v) is 5.15. The zero-order chi connectivity index (χ0) is 21.5. The van der Waals surface area contributed by atoms with Crippen molar-refractivity contribution in [3.63, 3.8) is 0 Å². The van der Waals surface area contributed by atoms with Crippen molar-refractivity contribution < 1.29 is 19.1 Å². The van der Waals surface area contributed by atoms with Crippen LogP contribution in [0.4, 0.5) is 10.6 Å². The number of amides is 3. The molecule has 1 heterocycles. The molecule has 3 rings (SSSR count). The summed E-state index contributed by atoms with van der Waals surface area (Å²) < 4.78 is 10.4. The Labute approximate surface area is 182 Å². The van der Waals surface area contributed by atoms with Crippen LogP contribution in [0.25, 0.3) is 0 Å². The standard InChI is InChI=1S/C21H18ClN3O4S/c1-28-16-4-3-5-17(29-2)19(16)20(26)25-21(27)24-18-11-10-15(12-23-18)30-14-8-6-13(22)7-9-14/h3-12H,1-2H3,(H2,23,24,25,26,27). The molecular formula is C21H18ClN3O4S. The minimum atomic E-state index is -0.724. The van der Waals surface area contributed by atoms with Crippen molar-refractivity contribution in [2.75, 3.05) is 19.5 Å². The average molecular weight is 444 g/mol. The first-order valence-corrected chi connectivity index (χ1v) is 9.92. The summed E-state index contributed by atoms with van der Waals surface area (Å²) >= 11 is 7.40. The molecule has 154 valence electrons. The van der Waals surface area contributed by atoms with E-state index in [-0.39, 0.29) is 5.56 Å². The molecule has 2 N–H and O–H groups in total. The summed E-state index contributed by atoms with van der Waals surface area (Å²) in [6, 6.07) is 15.1. The highest BCUT2D eigenvalue weighted by atomic mass is 35.5. The quantitative estimate of drug-likeness (QED) is 0.565. The van der Waals surface area contributed by atoms with Gasteiger partial charge >= 0.3 is 6.03 Å². The van der Waals surface area contributed by atoms with E-state index in [1.807, 2.05) is 30.3 Å². The van der Waals surface area contributed by atoms with Gasteiger partial charge < -0.3 is 9.47 Å². The molecular weight excluding hydrogens is 426 g/mol. The van der Waals surface area contributed by atoms with Crippen LogP contribution in [0.3, 0.4) is 0 Å². The molecule has 30 heavy (non-hydrogen) atoms. The summed E-state index contributed by atoms with van der Waals surface area (Å²) in [6.07, 6.45) is 1.62. The molecule has 0 atom stereocenters. The molecule has 0 saturated heterocycles. The molecule has 3 amide bonds. The van der Waals surface area contributed by atoms with Crippen molar-refractivity contribution in [1.29, 1.82) is 0 Å². The Balaban J connectivity index is 1.62. The number of nitrogens with one attached hydrogen (secondary N) is 2. The highest BCUT2D eigenvalue weighted by molar-refractivity contribution is 7.99. The molecule has 3 aromatic rings. The highest BCUT2D eigenvalue weighted by Crippen LogP contribution is 2.29. The van der Waals surface area contributed by atoms with E-state index in [4.69, 9.17) is 21.1 Å². The number of hydrogen-bond donors (Lipinski definition) is 2. The zero-order valence-electron chi connectivity index (χ0n) is 16.1. The molecule has 7 nitrogen and oxygen atoms in total. The summed E-state index contributed by atoms with van der Waals surface area (Å²) in [5.74, 6) is 0.229. The lowest BCUT2D eigenvalue weighted by Crippen LogP contribution is -2.35. The minimum absolute atomic E-state index is 0.125. The molecule has 0 spiro atoms. The van der Waals surface area contributed by atoms with Crippen molar-refractivity contribution in [3.8, 4) is 11.5 Å². The fourth-order valence-corrected chi connectivity index (χ4v) is 3.45. The number of hydrogen-bond acceptors (Lipinski definition) is 6. The Morgan fingerprint density at radius 1 is 0.933 bits per heavy atom. The normalized spacial score (nSPS) is 10.2. The van der Waals surface area contributed by atoms with Gasteiger partial charge in [-0.15, -0.1) is 0 Å². The number of benzene rings is 2. The summed E-state index contributed by atoms with van der Waals surface area (Å²) in [6.45, 7) is 0. The van der Waals surface area contributed by atoms with Crippen LogP contribution in [-0.2, 0) is 0 Å². The van der Waals surface area contributed by atoms with Gasteiger partial charge in [-0.25, -0.2) is 9.78 Å². The van der Waals surface area contributed by atoms with Gasteiger partial charge in [-0.3, -0.25) is 15.4 Å². The molecule has 0 saturated carbocycles. The van der Waals surface area contributed by atoms with Crippen LogP contribution in [-0.4, -0.2) is 31.1 Å². The number of carbonyl (C=O) groups is 2. The maximum absolute atomic E-state index is 12.5. The first kappa shape index (κ1) is 21.5. The lowest BCUT2D eigenvalue weighted by atomic mass is 10.1. The smallest absolute Gasteiger partial charge is 0.327 e. The fraction of sp³-hybridized carbons (Fsp3) is 0.0952. The van der Waals surface area contributed by atoms with Crippen molar-refractivity contribution in [1.82, 2.24) is 10.3 Å². The van der Waals surface area contributed by atoms with Gasteiger partial charge in [-0.2, -0.15) is 0 Å². The maximum atomic E-state index is 12.5. The molecule has 9 heteroatoms. The van der Waals surface area contributed by atoms with E-state index in [2.05, 4.69) is 15.6 Å². The lowest BCUT2D eigenvalue weighted by Gasteiger charge is -2.12. The molecule has 0 unspecified atom stereocenters. The number of anilines is 1. The Hall–Kier alpha value is -3.23. The molecule has 0 aliphatic heterocycles. The van der Waals surface area contributed by atoms with Gasteiger partial charge in [-0.05, 0) is 48.5 Å². The van der Waals surface area contributed by atoms with E-state index >= 15 is 0 Å². The number of nitrogens with zero attached hydrogens (tertiary/aromatic N) is 1. The number of aromatic nitrogens is 1. The lowest BCUT2D eigenvalue weighted by molar-refractivity contribution is 0.0961. The second-order valence-corrected chi connectivity index (χ2v) is 7.46. The number of pyridine rings is 1. The van der Waals surface area contributed by atoms with Gasteiger partial charge in [0.25, 0.3) is 5.91 Å². The molecule has 0 aliphatic rings. The van der Waals surface area contributed by atoms with Gasteiger partial charge in [0.15, 0.2) is 0 Å². The largest absolute Gasteiger partial charge is 0.496 e. The van der Waals surface area contributed by atoms with Gasteiger partial charge in [0, 0.05) is 21.0 Å². The third kappa shape index (κ3) is 5.43. The second kappa shape index (κ2) is 10.00. The van der Waals surface area contributed by atoms with Gasteiger partial charge in [0.05, 0.1) is 14.2 Å². The Bertz CT molecular complexity index is 1020. The zero-order valence-corrected chi connectivity index (χ0v) is 17.7. The van der Waals surface area contributed by atoms with Gasteiger partial charge in [-0.1, -0.05) is 29.4 Å². The monoisotopic (exact) mass is 443 g/mol.